The van der Waals surface area contributed by atoms with Gasteiger partial charge in [0, 0.05) is 0 Å². The molecule has 45 valence electrons. The van der Waals surface area contributed by atoms with Crippen LogP contribution in [-0.2, 0) is 0 Å². The van der Waals surface area contributed by atoms with Crippen molar-refractivity contribution in [2.45, 2.75) is 0 Å². The fraction of sp³-hybridized carbons (Fsp3) is 0. The van der Waals surface area contributed by atoms with E-state index in [1.165, 1.54) is 0 Å². The van der Waals surface area contributed by atoms with E-state index in [2.05, 4.69) is 0 Å². The van der Waals surface area contributed by atoms with Crippen LogP contribution in [0.2, 0.25) is 0 Å². The first-order valence-corrected chi connectivity index (χ1v) is 2.68. The van der Waals surface area contributed by atoms with Gasteiger partial charge in [-0.05, 0) is 18.7 Å². The molecule has 1 radical (unpaired) electrons. The lowest BCUT2D eigenvalue weighted by Gasteiger charge is -1.94. The number of hydrogen-bond acceptors (Lipinski definition) is 1. The molecule has 1 nitrogen and oxygen atoms in total. The zero-order valence-electron chi connectivity index (χ0n) is 4.95. The molecule has 0 bridgehead atoms. The Morgan fingerprint density at radius 3 is 2.44 bits per heavy atom. The molecule has 0 aliphatic heterocycles. The van der Waals surface area contributed by atoms with Crippen LogP contribution in [0.3, 0.4) is 0 Å². The molecule has 0 unspecified atom stereocenters. The van der Waals surface area contributed by atoms with Crippen LogP contribution < -0.4 is 4.74 Å². The van der Waals surface area contributed by atoms with Crippen LogP contribution >= 0.6 is 0 Å². The predicted octanol–water partition coefficient (Wildman–Crippen LogP) is 2.01. The van der Waals surface area contributed by atoms with Crippen molar-refractivity contribution in [3.63, 3.8) is 0 Å². The molecule has 1 aromatic carbocycles. The summed E-state index contributed by atoms with van der Waals surface area (Å²) in [7, 11) is 0. The predicted molar refractivity (Wildman–Crippen MR) is 35.9 cm³/mol. The second kappa shape index (κ2) is 2.92. The monoisotopic (exact) mass is 119 g/mol. The Kier molecular flexibility index (Phi) is 1.91. The fourth-order valence-corrected chi connectivity index (χ4v) is 0.578. The van der Waals surface area contributed by atoms with E-state index in [-0.39, 0.29) is 0 Å². The minimum atomic E-state index is 0.764. The molecule has 0 spiro atoms. The highest BCUT2D eigenvalue weighted by molar-refractivity contribution is 5.21. The molecule has 0 N–H and O–H groups in total. The summed E-state index contributed by atoms with van der Waals surface area (Å²) in [6.07, 6.45) is 1.16. The molecule has 0 fully saturated rings. The number of para-hydroxylation sites is 1. The Labute approximate surface area is 54.6 Å². The van der Waals surface area contributed by atoms with Gasteiger partial charge in [0.25, 0.3) is 0 Å². The normalized spacial score (nSPS) is 8.44. The Balaban J connectivity index is 2.72. The molecule has 0 aromatic heterocycles. The van der Waals surface area contributed by atoms with Gasteiger partial charge in [-0.2, -0.15) is 0 Å². The smallest absolute Gasteiger partial charge is 0.126 e. The van der Waals surface area contributed by atoms with Gasteiger partial charge < -0.3 is 4.74 Å². The molecular weight excluding hydrogens is 112 g/mol. The molecule has 0 amide bonds. The summed E-state index contributed by atoms with van der Waals surface area (Å²) in [5, 5.41) is 0. The minimum absolute atomic E-state index is 0.764. The average Bonchev–Trinajstić information content (AvgIpc) is 1.91. The Morgan fingerprint density at radius 2 is 1.89 bits per heavy atom. The number of benzene rings is 1. The Bertz CT molecular complexity index is 179. The fourth-order valence-electron chi connectivity index (χ4n) is 0.578. The maximum Gasteiger partial charge on any atom is 0.126 e. The van der Waals surface area contributed by atoms with E-state index in [1.807, 2.05) is 30.3 Å². The molecule has 0 atom stereocenters. The molecule has 0 aliphatic carbocycles. The first-order valence-electron chi connectivity index (χ1n) is 2.68. The van der Waals surface area contributed by atoms with Gasteiger partial charge in [-0.15, -0.1) is 0 Å². The van der Waals surface area contributed by atoms with Crippen LogP contribution in [0.5, 0.6) is 5.75 Å². The van der Waals surface area contributed by atoms with Gasteiger partial charge in [0.05, 0.1) is 6.26 Å². The highest BCUT2D eigenvalue weighted by atomic mass is 16.5. The molecule has 0 heterocycles. The van der Waals surface area contributed by atoms with Gasteiger partial charge in [0.2, 0.25) is 0 Å². The molecule has 9 heavy (non-hydrogen) atoms. The zero-order chi connectivity index (χ0) is 6.53. The van der Waals surface area contributed by atoms with Crippen molar-refractivity contribution in [1.82, 2.24) is 0 Å². The Hall–Kier alpha value is -1.24. The lowest BCUT2D eigenvalue weighted by molar-refractivity contribution is 0.482. The van der Waals surface area contributed by atoms with Crippen LogP contribution in [0.15, 0.2) is 36.6 Å². The lowest BCUT2D eigenvalue weighted by Crippen LogP contribution is -1.77. The van der Waals surface area contributed by atoms with Gasteiger partial charge in [-0.3, -0.25) is 0 Å². The van der Waals surface area contributed by atoms with Gasteiger partial charge >= 0.3 is 0 Å². The number of ether oxygens (including phenoxy) is 1. The van der Waals surface area contributed by atoms with Gasteiger partial charge in [-0.25, -0.2) is 0 Å². The number of rotatable bonds is 2. The standard InChI is InChI=1S/C8H7O/c1-2-9-8-6-4-3-5-7-8/h1-7H. The molecule has 0 saturated heterocycles. The topological polar surface area (TPSA) is 9.23 Å². The first-order chi connectivity index (χ1) is 4.43. The first kappa shape index (κ1) is 5.89. The second-order valence-electron chi connectivity index (χ2n) is 1.57. The summed E-state index contributed by atoms with van der Waals surface area (Å²) >= 11 is 0. The van der Waals surface area contributed by atoms with E-state index < -0.39 is 0 Å². The molecular formula is C8H7O. The van der Waals surface area contributed by atoms with Crippen LogP contribution in [0.4, 0.5) is 0 Å². The highest BCUT2D eigenvalue weighted by Crippen LogP contribution is 2.07. The quantitative estimate of drug-likeness (QED) is 0.541. The van der Waals surface area contributed by atoms with E-state index in [4.69, 9.17) is 11.3 Å². The second-order valence-corrected chi connectivity index (χ2v) is 1.57. The zero-order valence-corrected chi connectivity index (χ0v) is 4.95. The van der Waals surface area contributed by atoms with Gasteiger partial charge in [0.15, 0.2) is 0 Å². The van der Waals surface area contributed by atoms with Crippen molar-refractivity contribution >= 4 is 0 Å². The van der Waals surface area contributed by atoms with Crippen LogP contribution in [0.1, 0.15) is 0 Å². The van der Waals surface area contributed by atoms with Crippen LogP contribution in [0.25, 0.3) is 0 Å². The molecule has 0 aliphatic rings. The van der Waals surface area contributed by atoms with Crippen molar-refractivity contribution in [2.24, 2.45) is 0 Å². The molecule has 1 heteroatoms. The van der Waals surface area contributed by atoms with Crippen LogP contribution in [0, 0.1) is 6.58 Å². The summed E-state index contributed by atoms with van der Waals surface area (Å²) < 4.78 is 4.86. The Morgan fingerprint density at radius 1 is 1.22 bits per heavy atom. The maximum absolute atomic E-state index is 5.01. The van der Waals surface area contributed by atoms with Gasteiger partial charge in [0.1, 0.15) is 5.75 Å². The van der Waals surface area contributed by atoms with Gasteiger partial charge in [-0.1, -0.05) is 18.2 Å². The molecule has 1 rings (SSSR count). The average molecular weight is 119 g/mol. The van der Waals surface area contributed by atoms with Crippen molar-refractivity contribution in [1.29, 1.82) is 0 Å². The van der Waals surface area contributed by atoms with Crippen molar-refractivity contribution < 1.29 is 4.74 Å². The largest absolute Gasteiger partial charge is 0.465 e. The van der Waals surface area contributed by atoms with E-state index in [0.29, 0.717) is 0 Å². The van der Waals surface area contributed by atoms with E-state index in [1.54, 1.807) is 0 Å². The molecule has 1 aromatic rings. The van der Waals surface area contributed by atoms with E-state index in [9.17, 15) is 0 Å². The van der Waals surface area contributed by atoms with Crippen molar-refractivity contribution in [3.05, 3.63) is 43.2 Å². The van der Waals surface area contributed by atoms with Crippen molar-refractivity contribution in [2.75, 3.05) is 0 Å². The third-order valence-electron chi connectivity index (χ3n) is 0.947. The summed E-state index contributed by atoms with van der Waals surface area (Å²) in [4.78, 5) is 0. The number of hydrogen-bond donors (Lipinski definition) is 0. The summed E-state index contributed by atoms with van der Waals surface area (Å²) in [6.45, 7) is 5.01. The minimum Gasteiger partial charge on any atom is -0.465 e. The summed E-state index contributed by atoms with van der Waals surface area (Å²) in [5.41, 5.74) is 0. The highest BCUT2D eigenvalue weighted by Gasteiger charge is 1.82. The van der Waals surface area contributed by atoms with E-state index in [0.717, 1.165) is 12.0 Å². The summed E-state index contributed by atoms with van der Waals surface area (Å²) in [6, 6.07) is 9.37. The van der Waals surface area contributed by atoms with E-state index >= 15 is 0 Å². The third-order valence-corrected chi connectivity index (χ3v) is 0.947. The van der Waals surface area contributed by atoms with Crippen LogP contribution in [-0.4, -0.2) is 0 Å². The molecule has 0 saturated carbocycles. The SMILES string of the molecule is [CH]=COc1ccccc1. The summed E-state index contributed by atoms with van der Waals surface area (Å²) in [5.74, 6) is 0.764. The van der Waals surface area contributed by atoms with Crippen molar-refractivity contribution in [3.8, 4) is 5.75 Å². The lowest BCUT2D eigenvalue weighted by atomic mass is 10.3. The third kappa shape index (κ3) is 1.61. The maximum atomic E-state index is 5.01.